The lowest BCUT2D eigenvalue weighted by Crippen LogP contribution is -2.27. The molecule has 5 rings (SSSR count). The van der Waals surface area contributed by atoms with Gasteiger partial charge in [0.2, 0.25) is 0 Å². The van der Waals surface area contributed by atoms with Crippen molar-refractivity contribution in [3.8, 4) is 22.6 Å². The molecule has 1 N–H and O–H groups in total. The molecule has 2 amide bonds. The van der Waals surface area contributed by atoms with Gasteiger partial charge in [-0.3, -0.25) is 14.3 Å². The Balaban J connectivity index is 1.52. The van der Waals surface area contributed by atoms with E-state index in [1.165, 1.54) is 18.1 Å². The lowest BCUT2D eigenvalue weighted by Gasteiger charge is -2.23. The van der Waals surface area contributed by atoms with E-state index in [0.717, 1.165) is 10.9 Å². The van der Waals surface area contributed by atoms with Gasteiger partial charge in [-0.05, 0) is 83.6 Å². The molecule has 0 aliphatic heterocycles. The number of ether oxygens (including phenoxy) is 2. The van der Waals surface area contributed by atoms with Gasteiger partial charge in [-0.1, -0.05) is 42.5 Å². The molecule has 0 atom stereocenters. The number of carbonyl (C=O) groups excluding carboxylic acids is 2. The van der Waals surface area contributed by atoms with Crippen molar-refractivity contribution in [2.24, 2.45) is 0 Å². The minimum atomic E-state index is -4.15. The number of nitrogens with one attached hydrogen (secondary N) is 1. The van der Waals surface area contributed by atoms with Gasteiger partial charge in [-0.2, -0.15) is 0 Å². The SMILES string of the molecule is COc1cccc(C(=O)N(C)c2c(C)ccc3ccc(NS(=O)(=O)c4cc(-c5cccc(C(=O)N(C)C)c5)ccc4OC)cc23)c1. The lowest BCUT2D eigenvalue weighted by molar-refractivity contribution is 0.0827. The Labute approximate surface area is 269 Å². The van der Waals surface area contributed by atoms with E-state index >= 15 is 0 Å². The lowest BCUT2D eigenvalue weighted by atomic mass is 10.0. The molecule has 0 fully saturated rings. The number of methoxy groups -OCH3 is 2. The summed E-state index contributed by atoms with van der Waals surface area (Å²) < 4.78 is 41.2. The number of benzene rings is 5. The minimum absolute atomic E-state index is 0.0632. The Bertz CT molecular complexity index is 2070. The molecule has 0 heterocycles. The smallest absolute Gasteiger partial charge is 0.265 e. The summed E-state index contributed by atoms with van der Waals surface area (Å²) in [6, 6.07) is 27.9. The monoisotopic (exact) mass is 637 g/mol. The molecule has 0 aliphatic carbocycles. The van der Waals surface area contributed by atoms with E-state index < -0.39 is 10.0 Å². The fourth-order valence-electron chi connectivity index (χ4n) is 5.34. The highest BCUT2D eigenvalue weighted by Crippen LogP contribution is 2.35. The second-order valence-electron chi connectivity index (χ2n) is 11.0. The van der Waals surface area contributed by atoms with Crippen molar-refractivity contribution in [1.29, 1.82) is 0 Å². The maximum atomic E-state index is 13.9. The van der Waals surface area contributed by atoms with Crippen LogP contribution < -0.4 is 19.1 Å². The van der Waals surface area contributed by atoms with Gasteiger partial charge in [0.25, 0.3) is 21.8 Å². The fourth-order valence-corrected chi connectivity index (χ4v) is 6.58. The molecular formula is C36H35N3O6S. The zero-order valence-corrected chi connectivity index (χ0v) is 27.3. The van der Waals surface area contributed by atoms with Gasteiger partial charge in [0.15, 0.2) is 0 Å². The summed E-state index contributed by atoms with van der Waals surface area (Å²) in [6.07, 6.45) is 0. The van der Waals surface area contributed by atoms with Crippen LogP contribution in [0, 0.1) is 6.92 Å². The zero-order valence-electron chi connectivity index (χ0n) is 26.5. The Hall–Kier alpha value is -5.35. The maximum Gasteiger partial charge on any atom is 0.265 e. The number of anilines is 2. The largest absolute Gasteiger partial charge is 0.497 e. The summed E-state index contributed by atoms with van der Waals surface area (Å²) in [5, 5.41) is 1.53. The zero-order chi connectivity index (χ0) is 33.2. The van der Waals surface area contributed by atoms with Crippen molar-refractivity contribution in [2.75, 3.05) is 45.0 Å². The average molecular weight is 638 g/mol. The third-order valence-electron chi connectivity index (χ3n) is 7.71. The molecule has 0 saturated heterocycles. The van der Waals surface area contributed by atoms with Crippen molar-refractivity contribution in [2.45, 2.75) is 11.8 Å². The first-order valence-corrected chi connectivity index (χ1v) is 15.9. The molecule has 10 heteroatoms. The van der Waals surface area contributed by atoms with Crippen LogP contribution in [0.5, 0.6) is 11.5 Å². The molecule has 0 radical (unpaired) electrons. The van der Waals surface area contributed by atoms with Gasteiger partial charge < -0.3 is 19.3 Å². The van der Waals surface area contributed by atoms with Crippen LogP contribution in [0.25, 0.3) is 21.9 Å². The Morgan fingerprint density at radius 1 is 0.717 bits per heavy atom. The van der Waals surface area contributed by atoms with E-state index in [1.807, 2.05) is 25.1 Å². The molecule has 0 saturated carbocycles. The van der Waals surface area contributed by atoms with Gasteiger partial charge >= 0.3 is 0 Å². The summed E-state index contributed by atoms with van der Waals surface area (Å²) in [6.45, 7) is 1.90. The first-order chi connectivity index (χ1) is 21.9. The van der Waals surface area contributed by atoms with Gasteiger partial charge in [0.05, 0.1) is 19.9 Å². The summed E-state index contributed by atoms with van der Waals surface area (Å²) in [5.74, 6) is 0.336. The fraction of sp³-hybridized carbons (Fsp3) is 0.167. The molecule has 0 aromatic heterocycles. The number of hydrogen-bond acceptors (Lipinski definition) is 6. The van der Waals surface area contributed by atoms with Crippen LogP contribution in [0.3, 0.4) is 0 Å². The van der Waals surface area contributed by atoms with Crippen LogP contribution in [0.1, 0.15) is 26.3 Å². The predicted octanol–water partition coefficient (Wildman–Crippen LogP) is 6.61. The van der Waals surface area contributed by atoms with E-state index in [0.29, 0.717) is 44.8 Å². The number of sulfonamides is 1. The molecule has 0 bridgehead atoms. The number of nitrogens with zero attached hydrogens (tertiary/aromatic N) is 2. The van der Waals surface area contributed by atoms with E-state index in [9.17, 15) is 18.0 Å². The molecule has 46 heavy (non-hydrogen) atoms. The van der Waals surface area contributed by atoms with E-state index in [4.69, 9.17) is 9.47 Å². The second-order valence-corrected chi connectivity index (χ2v) is 12.7. The Morgan fingerprint density at radius 3 is 2.09 bits per heavy atom. The van der Waals surface area contributed by atoms with Crippen LogP contribution in [-0.4, -0.2) is 60.5 Å². The van der Waals surface area contributed by atoms with Gasteiger partial charge in [-0.15, -0.1) is 0 Å². The van der Waals surface area contributed by atoms with Crippen LogP contribution in [0.4, 0.5) is 11.4 Å². The molecule has 0 unspecified atom stereocenters. The third-order valence-corrected chi connectivity index (χ3v) is 9.11. The first kappa shape index (κ1) is 32.1. The van der Waals surface area contributed by atoms with Crippen molar-refractivity contribution < 1.29 is 27.5 Å². The van der Waals surface area contributed by atoms with Gasteiger partial charge in [-0.25, -0.2) is 8.42 Å². The Kier molecular flexibility index (Phi) is 9.02. The number of aryl methyl sites for hydroxylation is 1. The molecular weight excluding hydrogens is 602 g/mol. The number of amides is 2. The highest BCUT2D eigenvalue weighted by atomic mass is 32.2. The molecule has 9 nitrogen and oxygen atoms in total. The van der Waals surface area contributed by atoms with Crippen molar-refractivity contribution in [3.63, 3.8) is 0 Å². The number of rotatable bonds is 9. The van der Waals surface area contributed by atoms with Gasteiger partial charge in [0, 0.05) is 43.3 Å². The topological polar surface area (TPSA) is 105 Å². The molecule has 0 aliphatic rings. The quantitative estimate of drug-likeness (QED) is 0.195. The minimum Gasteiger partial charge on any atom is -0.497 e. The predicted molar refractivity (Wildman–Crippen MR) is 182 cm³/mol. The normalized spacial score (nSPS) is 11.2. The van der Waals surface area contributed by atoms with Gasteiger partial charge in [0.1, 0.15) is 16.4 Å². The molecule has 236 valence electrons. The van der Waals surface area contributed by atoms with Crippen molar-refractivity contribution >= 4 is 44.0 Å². The number of fused-ring (bicyclic) bond motifs is 1. The number of carbonyl (C=O) groups is 2. The molecule has 5 aromatic rings. The standard InChI is InChI=1S/C36H35N3O6S/c1-23-13-14-24-15-17-29(22-31(24)34(23)39(4)36(41)28-11-8-12-30(20-28)44-5)37-46(42,43)33-21-26(16-18-32(33)45-6)25-9-7-10-27(19-25)35(40)38(2)3/h7-22,37H,1-6H3. The number of hydrogen-bond donors (Lipinski definition) is 1. The highest BCUT2D eigenvalue weighted by molar-refractivity contribution is 7.92. The average Bonchev–Trinajstić information content (AvgIpc) is 3.06. The summed E-state index contributed by atoms with van der Waals surface area (Å²) in [7, 11) is 3.84. The van der Waals surface area contributed by atoms with Crippen LogP contribution >= 0.6 is 0 Å². The first-order valence-electron chi connectivity index (χ1n) is 14.4. The van der Waals surface area contributed by atoms with Crippen molar-refractivity contribution in [3.05, 3.63) is 114 Å². The third kappa shape index (κ3) is 6.38. The van der Waals surface area contributed by atoms with Crippen LogP contribution in [0.2, 0.25) is 0 Å². The van der Waals surface area contributed by atoms with Crippen LogP contribution in [-0.2, 0) is 10.0 Å². The summed E-state index contributed by atoms with van der Waals surface area (Å²) >= 11 is 0. The van der Waals surface area contributed by atoms with E-state index in [-0.39, 0.29) is 22.5 Å². The maximum absolute atomic E-state index is 13.9. The highest BCUT2D eigenvalue weighted by Gasteiger charge is 2.23. The molecule has 5 aromatic carbocycles. The molecule has 0 spiro atoms. The van der Waals surface area contributed by atoms with E-state index in [1.54, 1.807) is 106 Å². The van der Waals surface area contributed by atoms with E-state index in [2.05, 4.69) is 4.72 Å². The summed E-state index contributed by atoms with van der Waals surface area (Å²) in [4.78, 5) is 29.1. The van der Waals surface area contributed by atoms with Crippen LogP contribution in [0.15, 0.2) is 102 Å². The Morgan fingerprint density at radius 2 is 1.39 bits per heavy atom. The second kappa shape index (κ2) is 12.9. The summed E-state index contributed by atoms with van der Waals surface area (Å²) in [5.41, 5.74) is 4.03. The van der Waals surface area contributed by atoms with Crippen molar-refractivity contribution in [1.82, 2.24) is 4.90 Å².